The molecule has 0 aliphatic carbocycles. The van der Waals surface area contributed by atoms with E-state index in [1.807, 2.05) is 13.0 Å². The summed E-state index contributed by atoms with van der Waals surface area (Å²) >= 11 is 0. The van der Waals surface area contributed by atoms with Crippen LogP contribution in [-0.4, -0.2) is 12.2 Å². The maximum atomic E-state index is 6.30. The SMILES string of the molecule is CCOc1ccc2c(c1)CCC(C)(/C=C/CC(C)CCCC(C)C)O2. The number of aryl methyl sites for hydroxylation is 1. The molecule has 2 unspecified atom stereocenters. The normalized spacial score (nSPS) is 21.2. The van der Waals surface area contributed by atoms with Crippen molar-refractivity contribution < 1.29 is 9.47 Å². The van der Waals surface area contributed by atoms with Gasteiger partial charge in [-0.15, -0.1) is 0 Å². The van der Waals surface area contributed by atoms with E-state index in [2.05, 4.69) is 52.0 Å². The van der Waals surface area contributed by atoms with Crippen molar-refractivity contribution in [3.63, 3.8) is 0 Å². The highest BCUT2D eigenvalue weighted by Crippen LogP contribution is 2.36. The first-order valence-corrected chi connectivity index (χ1v) is 10.0. The van der Waals surface area contributed by atoms with Crippen molar-refractivity contribution in [2.45, 2.75) is 78.7 Å². The summed E-state index contributed by atoms with van der Waals surface area (Å²) in [4.78, 5) is 0. The minimum Gasteiger partial charge on any atom is -0.494 e. The van der Waals surface area contributed by atoms with Crippen LogP contribution in [0.15, 0.2) is 30.4 Å². The smallest absolute Gasteiger partial charge is 0.125 e. The van der Waals surface area contributed by atoms with Gasteiger partial charge in [-0.05, 0) is 74.8 Å². The van der Waals surface area contributed by atoms with Crippen LogP contribution in [0, 0.1) is 11.8 Å². The van der Waals surface area contributed by atoms with Crippen LogP contribution in [0.25, 0.3) is 0 Å². The summed E-state index contributed by atoms with van der Waals surface area (Å²) in [5.74, 6) is 3.52. The molecule has 0 amide bonds. The number of benzene rings is 1. The molecule has 25 heavy (non-hydrogen) atoms. The molecule has 0 aromatic heterocycles. The van der Waals surface area contributed by atoms with Crippen molar-refractivity contribution in [3.8, 4) is 11.5 Å². The zero-order chi connectivity index (χ0) is 18.3. The lowest BCUT2D eigenvalue weighted by Crippen LogP contribution is -2.34. The average molecular weight is 345 g/mol. The van der Waals surface area contributed by atoms with Crippen molar-refractivity contribution in [2.75, 3.05) is 6.61 Å². The molecule has 2 nitrogen and oxygen atoms in total. The molecular weight excluding hydrogens is 308 g/mol. The van der Waals surface area contributed by atoms with Crippen molar-refractivity contribution in [1.82, 2.24) is 0 Å². The highest BCUT2D eigenvalue weighted by atomic mass is 16.5. The van der Waals surface area contributed by atoms with Gasteiger partial charge in [-0.1, -0.05) is 46.1 Å². The Bertz CT molecular complexity index is 561. The molecule has 0 radical (unpaired) electrons. The number of ether oxygens (including phenoxy) is 2. The number of hydrogen-bond acceptors (Lipinski definition) is 2. The van der Waals surface area contributed by atoms with Crippen LogP contribution in [0.1, 0.15) is 72.3 Å². The van der Waals surface area contributed by atoms with E-state index in [0.29, 0.717) is 6.61 Å². The fourth-order valence-electron chi connectivity index (χ4n) is 3.45. The van der Waals surface area contributed by atoms with Crippen molar-refractivity contribution in [1.29, 1.82) is 0 Å². The summed E-state index contributed by atoms with van der Waals surface area (Å²) in [6.45, 7) is 11.9. The van der Waals surface area contributed by atoms with E-state index in [9.17, 15) is 0 Å². The quantitative estimate of drug-likeness (QED) is 0.471. The Kier molecular flexibility index (Phi) is 7.40. The average Bonchev–Trinajstić information content (AvgIpc) is 2.55. The third-order valence-corrected chi connectivity index (χ3v) is 5.06. The van der Waals surface area contributed by atoms with Crippen LogP contribution < -0.4 is 9.47 Å². The molecule has 1 aliphatic heterocycles. The molecule has 0 spiro atoms. The minimum absolute atomic E-state index is 0.183. The molecule has 140 valence electrons. The largest absolute Gasteiger partial charge is 0.494 e. The summed E-state index contributed by atoms with van der Waals surface area (Å²) in [6, 6.07) is 6.19. The molecule has 1 aromatic rings. The molecule has 0 N–H and O–H groups in total. The first kappa shape index (κ1) is 19.9. The molecule has 0 bridgehead atoms. The Balaban J connectivity index is 1.86. The monoisotopic (exact) mass is 344 g/mol. The standard InChI is InChI=1S/C23H36O2/c1-6-24-21-12-13-22-20(17-21)14-16-23(5,25-22)15-8-11-19(4)10-7-9-18(2)3/h8,12-13,15,17-19H,6-7,9-11,14,16H2,1-5H3/b15-8+. The van der Waals surface area contributed by atoms with Crippen LogP contribution in [0.5, 0.6) is 11.5 Å². The van der Waals surface area contributed by atoms with E-state index >= 15 is 0 Å². The molecule has 0 saturated heterocycles. The second-order valence-electron chi connectivity index (χ2n) is 8.19. The molecular formula is C23H36O2. The van der Waals surface area contributed by atoms with Gasteiger partial charge < -0.3 is 9.47 Å². The third kappa shape index (κ3) is 6.41. The topological polar surface area (TPSA) is 18.5 Å². The van der Waals surface area contributed by atoms with Crippen LogP contribution in [0.2, 0.25) is 0 Å². The Hall–Kier alpha value is -1.44. The molecule has 0 saturated carbocycles. The predicted octanol–water partition coefficient (Wildman–Crippen LogP) is 6.58. The highest BCUT2D eigenvalue weighted by Gasteiger charge is 2.29. The molecule has 1 heterocycles. The number of rotatable bonds is 9. The lowest BCUT2D eigenvalue weighted by atomic mass is 9.91. The summed E-state index contributed by atoms with van der Waals surface area (Å²) in [7, 11) is 0. The summed E-state index contributed by atoms with van der Waals surface area (Å²) in [5.41, 5.74) is 1.08. The first-order chi connectivity index (χ1) is 11.9. The number of hydrogen-bond donors (Lipinski definition) is 0. The van der Waals surface area contributed by atoms with Gasteiger partial charge >= 0.3 is 0 Å². The molecule has 2 heteroatoms. The van der Waals surface area contributed by atoms with E-state index in [1.54, 1.807) is 0 Å². The Labute approximate surface area is 154 Å². The first-order valence-electron chi connectivity index (χ1n) is 10.0. The van der Waals surface area contributed by atoms with Crippen molar-refractivity contribution >= 4 is 0 Å². The van der Waals surface area contributed by atoms with Gasteiger partial charge in [0.2, 0.25) is 0 Å². The van der Waals surface area contributed by atoms with Gasteiger partial charge in [0.1, 0.15) is 17.1 Å². The number of allylic oxidation sites excluding steroid dienone is 1. The van der Waals surface area contributed by atoms with E-state index in [-0.39, 0.29) is 5.60 Å². The highest BCUT2D eigenvalue weighted by molar-refractivity contribution is 5.42. The van der Waals surface area contributed by atoms with E-state index < -0.39 is 0 Å². The van der Waals surface area contributed by atoms with Crippen LogP contribution in [0.3, 0.4) is 0 Å². The van der Waals surface area contributed by atoms with Crippen molar-refractivity contribution in [2.24, 2.45) is 11.8 Å². The van der Waals surface area contributed by atoms with E-state index in [0.717, 1.165) is 42.6 Å². The van der Waals surface area contributed by atoms with Gasteiger partial charge in [-0.2, -0.15) is 0 Å². The summed E-state index contributed by atoms with van der Waals surface area (Å²) in [6.07, 6.45) is 11.8. The van der Waals surface area contributed by atoms with Crippen LogP contribution in [0.4, 0.5) is 0 Å². The maximum absolute atomic E-state index is 6.30. The summed E-state index contributed by atoms with van der Waals surface area (Å²) in [5, 5.41) is 0. The Morgan fingerprint density at radius 1 is 1.24 bits per heavy atom. The lowest BCUT2D eigenvalue weighted by Gasteiger charge is -2.33. The second kappa shape index (κ2) is 9.31. The number of fused-ring (bicyclic) bond motifs is 1. The molecule has 1 aromatic carbocycles. The zero-order valence-electron chi connectivity index (χ0n) is 16.8. The van der Waals surface area contributed by atoms with Gasteiger partial charge in [-0.3, -0.25) is 0 Å². The maximum Gasteiger partial charge on any atom is 0.125 e. The predicted molar refractivity (Wildman–Crippen MR) is 107 cm³/mol. The lowest BCUT2D eigenvalue weighted by molar-refractivity contribution is 0.114. The van der Waals surface area contributed by atoms with Crippen LogP contribution in [-0.2, 0) is 6.42 Å². The fraction of sp³-hybridized carbons (Fsp3) is 0.652. The van der Waals surface area contributed by atoms with Gasteiger partial charge in [0, 0.05) is 0 Å². The van der Waals surface area contributed by atoms with E-state index in [1.165, 1.54) is 24.8 Å². The zero-order valence-corrected chi connectivity index (χ0v) is 16.8. The van der Waals surface area contributed by atoms with Gasteiger partial charge in [0.05, 0.1) is 6.61 Å². The molecule has 0 fully saturated rings. The Morgan fingerprint density at radius 2 is 2.04 bits per heavy atom. The molecule has 2 rings (SSSR count). The Morgan fingerprint density at radius 3 is 2.76 bits per heavy atom. The van der Waals surface area contributed by atoms with Crippen LogP contribution >= 0.6 is 0 Å². The molecule has 2 atom stereocenters. The fourth-order valence-corrected chi connectivity index (χ4v) is 3.45. The third-order valence-electron chi connectivity index (χ3n) is 5.06. The van der Waals surface area contributed by atoms with Gasteiger partial charge in [-0.25, -0.2) is 0 Å². The van der Waals surface area contributed by atoms with Gasteiger partial charge in [0.15, 0.2) is 0 Å². The van der Waals surface area contributed by atoms with Crippen molar-refractivity contribution in [3.05, 3.63) is 35.9 Å². The van der Waals surface area contributed by atoms with E-state index in [4.69, 9.17) is 9.47 Å². The second-order valence-corrected chi connectivity index (χ2v) is 8.19. The summed E-state index contributed by atoms with van der Waals surface area (Å²) < 4.78 is 11.9. The molecule has 1 aliphatic rings. The van der Waals surface area contributed by atoms with Gasteiger partial charge in [0.25, 0.3) is 0 Å². The minimum atomic E-state index is -0.183.